The first-order valence-electron chi connectivity index (χ1n) is 5.79. The lowest BCUT2D eigenvalue weighted by Gasteiger charge is -2.11. The minimum absolute atomic E-state index is 0. The van der Waals surface area contributed by atoms with Gasteiger partial charge in [0, 0.05) is 20.6 Å². The van der Waals surface area contributed by atoms with Crippen molar-refractivity contribution in [1.29, 1.82) is 0 Å². The number of rotatable bonds is 4. The Morgan fingerprint density at radius 2 is 2.05 bits per heavy atom. The van der Waals surface area contributed by atoms with Crippen LogP contribution < -0.4 is 15.4 Å². The van der Waals surface area contributed by atoms with Gasteiger partial charge in [-0.25, -0.2) is 4.79 Å². The zero-order valence-corrected chi connectivity index (χ0v) is 14.3. The summed E-state index contributed by atoms with van der Waals surface area (Å²) < 4.78 is 9.88. The van der Waals surface area contributed by atoms with Crippen LogP contribution in [0.5, 0.6) is 5.75 Å². The number of methoxy groups -OCH3 is 2. The number of carbonyl (C=O) groups is 1. The summed E-state index contributed by atoms with van der Waals surface area (Å²) in [6, 6.07) is 5.32. The van der Waals surface area contributed by atoms with Crippen LogP contribution in [0.3, 0.4) is 0 Å². The molecule has 20 heavy (non-hydrogen) atoms. The number of hydrogen-bond donors (Lipinski definition) is 2. The summed E-state index contributed by atoms with van der Waals surface area (Å²) >= 11 is 0. The van der Waals surface area contributed by atoms with E-state index in [1.54, 1.807) is 26.2 Å². The Bertz CT molecular complexity index is 478. The average molecular weight is 393 g/mol. The highest BCUT2D eigenvalue weighted by Crippen LogP contribution is 2.20. The second-order valence-electron chi connectivity index (χ2n) is 3.70. The highest BCUT2D eigenvalue weighted by molar-refractivity contribution is 14.0. The lowest BCUT2D eigenvalue weighted by atomic mass is 10.1. The number of esters is 1. The zero-order chi connectivity index (χ0) is 14.3. The van der Waals surface area contributed by atoms with Gasteiger partial charge in [-0.1, -0.05) is 6.07 Å². The van der Waals surface area contributed by atoms with Crippen molar-refractivity contribution in [3.8, 4) is 5.75 Å². The van der Waals surface area contributed by atoms with Crippen LogP contribution in [0.15, 0.2) is 23.2 Å². The normalized spacial score (nSPS) is 10.3. The SMILES string of the molecule is CN=C(NC)NCc1ccc(C(=O)OC)c(OC)c1.I. The Kier molecular flexibility index (Phi) is 8.69. The number of aliphatic imine (C=N–C) groups is 1. The molecule has 0 aliphatic carbocycles. The quantitative estimate of drug-likeness (QED) is 0.350. The van der Waals surface area contributed by atoms with Gasteiger partial charge in [-0.3, -0.25) is 4.99 Å². The molecule has 6 nitrogen and oxygen atoms in total. The molecule has 0 aliphatic heterocycles. The average Bonchev–Trinajstić information content (AvgIpc) is 2.47. The van der Waals surface area contributed by atoms with E-state index in [4.69, 9.17) is 4.74 Å². The fourth-order valence-corrected chi connectivity index (χ4v) is 1.59. The molecule has 0 atom stereocenters. The highest BCUT2D eigenvalue weighted by atomic mass is 127. The summed E-state index contributed by atoms with van der Waals surface area (Å²) in [5.41, 5.74) is 1.38. The van der Waals surface area contributed by atoms with E-state index in [1.807, 2.05) is 6.07 Å². The monoisotopic (exact) mass is 393 g/mol. The Balaban J connectivity index is 0.00000361. The molecule has 0 radical (unpaired) electrons. The maximum Gasteiger partial charge on any atom is 0.341 e. The van der Waals surface area contributed by atoms with E-state index in [9.17, 15) is 4.79 Å². The third kappa shape index (κ3) is 4.87. The van der Waals surface area contributed by atoms with Crippen LogP contribution in [0.25, 0.3) is 0 Å². The fraction of sp³-hybridized carbons (Fsp3) is 0.385. The van der Waals surface area contributed by atoms with Gasteiger partial charge in [0.05, 0.1) is 14.2 Å². The largest absolute Gasteiger partial charge is 0.496 e. The topological polar surface area (TPSA) is 72.0 Å². The Hall–Kier alpha value is -1.51. The fourth-order valence-electron chi connectivity index (χ4n) is 1.59. The van der Waals surface area contributed by atoms with Crippen molar-refractivity contribution < 1.29 is 14.3 Å². The summed E-state index contributed by atoms with van der Waals surface area (Å²) in [7, 11) is 6.34. The van der Waals surface area contributed by atoms with Crippen LogP contribution in [0.1, 0.15) is 15.9 Å². The second kappa shape index (κ2) is 9.40. The summed E-state index contributed by atoms with van der Waals surface area (Å²) in [6.07, 6.45) is 0. The number of benzene rings is 1. The smallest absolute Gasteiger partial charge is 0.341 e. The van der Waals surface area contributed by atoms with Gasteiger partial charge in [0.25, 0.3) is 0 Å². The maximum absolute atomic E-state index is 11.5. The maximum atomic E-state index is 11.5. The number of guanidine groups is 1. The molecule has 0 amide bonds. The second-order valence-corrected chi connectivity index (χ2v) is 3.70. The predicted molar refractivity (Wildman–Crippen MR) is 89.0 cm³/mol. The molecule has 7 heteroatoms. The lowest BCUT2D eigenvalue weighted by Crippen LogP contribution is -2.34. The van der Waals surface area contributed by atoms with Crippen LogP contribution in [0.4, 0.5) is 0 Å². The van der Waals surface area contributed by atoms with E-state index in [2.05, 4.69) is 20.4 Å². The first-order chi connectivity index (χ1) is 9.15. The molecular weight excluding hydrogens is 373 g/mol. The molecule has 0 fully saturated rings. The molecule has 1 aromatic rings. The first-order valence-corrected chi connectivity index (χ1v) is 5.79. The Labute approximate surface area is 136 Å². The van der Waals surface area contributed by atoms with Gasteiger partial charge in [0.2, 0.25) is 0 Å². The van der Waals surface area contributed by atoms with Gasteiger partial charge in [-0.05, 0) is 17.7 Å². The molecule has 0 aromatic heterocycles. The van der Waals surface area contributed by atoms with Gasteiger partial charge >= 0.3 is 5.97 Å². The molecule has 0 bridgehead atoms. The zero-order valence-electron chi connectivity index (χ0n) is 12.0. The minimum Gasteiger partial charge on any atom is -0.496 e. The number of carbonyl (C=O) groups excluding carboxylic acids is 1. The Morgan fingerprint density at radius 3 is 2.55 bits per heavy atom. The summed E-state index contributed by atoms with van der Waals surface area (Å²) in [5, 5.41) is 6.04. The standard InChI is InChI=1S/C13H19N3O3.HI/c1-14-13(15-2)16-8-9-5-6-10(12(17)19-4)11(7-9)18-3;/h5-7H,8H2,1-4H3,(H2,14,15,16);1H. The molecule has 1 rings (SSSR count). The molecule has 1 aromatic carbocycles. The molecule has 112 valence electrons. The van der Waals surface area contributed by atoms with E-state index < -0.39 is 5.97 Å². The van der Waals surface area contributed by atoms with E-state index in [1.165, 1.54) is 14.2 Å². The molecule has 0 saturated heterocycles. The summed E-state index contributed by atoms with van der Waals surface area (Å²) in [4.78, 5) is 15.5. The molecular formula is C13H20IN3O3. The molecule has 2 N–H and O–H groups in total. The number of hydrogen-bond acceptors (Lipinski definition) is 4. The van der Waals surface area contributed by atoms with E-state index in [0.29, 0.717) is 23.8 Å². The molecule has 0 aliphatic rings. The van der Waals surface area contributed by atoms with Crippen LogP contribution in [-0.2, 0) is 11.3 Å². The number of nitrogens with one attached hydrogen (secondary N) is 2. The molecule has 0 unspecified atom stereocenters. The lowest BCUT2D eigenvalue weighted by molar-refractivity contribution is 0.0597. The van der Waals surface area contributed by atoms with Gasteiger partial charge in [-0.2, -0.15) is 0 Å². The minimum atomic E-state index is -0.414. The van der Waals surface area contributed by atoms with Crippen LogP contribution in [-0.4, -0.2) is 40.2 Å². The third-order valence-corrected chi connectivity index (χ3v) is 2.59. The van der Waals surface area contributed by atoms with Crippen molar-refractivity contribution in [3.63, 3.8) is 0 Å². The van der Waals surface area contributed by atoms with Crippen LogP contribution in [0, 0.1) is 0 Å². The van der Waals surface area contributed by atoms with E-state index in [0.717, 1.165) is 5.56 Å². The molecule has 0 heterocycles. The predicted octanol–water partition coefficient (Wildman–Crippen LogP) is 1.39. The summed E-state index contributed by atoms with van der Waals surface area (Å²) in [5.74, 6) is 0.768. The van der Waals surface area contributed by atoms with Crippen molar-refractivity contribution in [2.24, 2.45) is 4.99 Å². The number of ether oxygens (including phenoxy) is 2. The van der Waals surface area contributed by atoms with Crippen LogP contribution >= 0.6 is 24.0 Å². The highest BCUT2D eigenvalue weighted by Gasteiger charge is 2.12. The van der Waals surface area contributed by atoms with Crippen molar-refractivity contribution in [3.05, 3.63) is 29.3 Å². The van der Waals surface area contributed by atoms with Gasteiger partial charge in [0.15, 0.2) is 5.96 Å². The molecule has 0 saturated carbocycles. The summed E-state index contributed by atoms with van der Waals surface area (Å²) in [6.45, 7) is 0.575. The van der Waals surface area contributed by atoms with Gasteiger partial charge < -0.3 is 20.1 Å². The van der Waals surface area contributed by atoms with Gasteiger partial charge in [-0.15, -0.1) is 24.0 Å². The Morgan fingerprint density at radius 1 is 1.35 bits per heavy atom. The van der Waals surface area contributed by atoms with Crippen molar-refractivity contribution in [2.45, 2.75) is 6.54 Å². The van der Waals surface area contributed by atoms with Crippen molar-refractivity contribution in [1.82, 2.24) is 10.6 Å². The van der Waals surface area contributed by atoms with Crippen molar-refractivity contribution >= 4 is 35.9 Å². The molecule has 0 spiro atoms. The third-order valence-electron chi connectivity index (χ3n) is 2.59. The number of nitrogens with zero attached hydrogens (tertiary/aromatic N) is 1. The number of halogens is 1. The van der Waals surface area contributed by atoms with Gasteiger partial charge in [0.1, 0.15) is 11.3 Å². The van der Waals surface area contributed by atoms with E-state index in [-0.39, 0.29) is 24.0 Å². The van der Waals surface area contributed by atoms with E-state index >= 15 is 0 Å². The first kappa shape index (κ1) is 18.5. The van der Waals surface area contributed by atoms with Crippen LogP contribution in [0.2, 0.25) is 0 Å². The van der Waals surface area contributed by atoms with Crippen molar-refractivity contribution in [2.75, 3.05) is 28.3 Å².